The molecule has 7 rings (SSSR count). The number of ether oxygens (including phenoxy) is 3. The predicted molar refractivity (Wildman–Crippen MR) is 179 cm³/mol. The first-order valence-electron chi connectivity index (χ1n) is 15.8. The number of benzene rings is 3. The van der Waals surface area contributed by atoms with E-state index in [0.29, 0.717) is 34.9 Å². The number of methoxy groups -OCH3 is 1. The van der Waals surface area contributed by atoms with Gasteiger partial charge in [0.25, 0.3) is 0 Å². The van der Waals surface area contributed by atoms with Gasteiger partial charge in [0.1, 0.15) is 18.5 Å². The third-order valence-corrected chi connectivity index (χ3v) is 11.2. The monoisotopic (exact) mass is 676 g/mol. The second kappa shape index (κ2) is 14.4. The summed E-state index contributed by atoms with van der Waals surface area (Å²) in [6.07, 6.45) is 3.36. The summed E-state index contributed by atoms with van der Waals surface area (Å²) in [5.41, 5.74) is 2.41. The highest BCUT2D eigenvalue weighted by atomic mass is 35.5. The number of esters is 2. The van der Waals surface area contributed by atoms with Gasteiger partial charge in [-0.2, -0.15) is 0 Å². The van der Waals surface area contributed by atoms with E-state index >= 15 is 0 Å². The molecule has 0 saturated carbocycles. The molecule has 0 aliphatic carbocycles. The number of aromatic nitrogens is 1. The number of halogens is 1. The zero-order chi connectivity index (χ0) is 33.0. The summed E-state index contributed by atoms with van der Waals surface area (Å²) >= 11 is 6.07. The second-order valence-corrected chi connectivity index (χ2v) is 14.9. The molecule has 0 amide bonds. The first kappa shape index (κ1) is 32.9. The molecule has 3 aromatic carbocycles. The number of hydrogen-bond acceptors (Lipinski definition) is 9. The molecule has 246 valence electrons. The summed E-state index contributed by atoms with van der Waals surface area (Å²) < 4.78 is 42.9. The summed E-state index contributed by atoms with van der Waals surface area (Å²) in [5, 5.41) is 1.38. The normalized spacial score (nSPS) is 21.2. The summed E-state index contributed by atoms with van der Waals surface area (Å²) in [6.45, 7) is 1.36. The van der Waals surface area contributed by atoms with Crippen molar-refractivity contribution in [2.75, 3.05) is 38.3 Å². The van der Waals surface area contributed by atoms with E-state index in [1.807, 2.05) is 24.3 Å². The van der Waals surface area contributed by atoms with Crippen molar-refractivity contribution >= 4 is 44.3 Å². The quantitative estimate of drug-likeness (QED) is 0.163. The highest BCUT2D eigenvalue weighted by Gasteiger charge is 2.45. The van der Waals surface area contributed by atoms with Gasteiger partial charge in [-0.25, -0.2) is 18.0 Å². The van der Waals surface area contributed by atoms with E-state index in [1.54, 1.807) is 67.9 Å². The molecular weight excluding hydrogens is 640 g/mol. The van der Waals surface area contributed by atoms with Crippen molar-refractivity contribution in [3.8, 4) is 5.75 Å². The Balaban J connectivity index is 1.16. The number of carbonyl (C=O) groups is 2. The van der Waals surface area contributed by atoms with Crippen LogP contribution in [-0.2, 0) is 19.3 Å². The molecule has 3 fully saturated rings. The van der Waals surface area contributed by atoms with Crippen LogP contribution in [0, 0.1) is 11.8 Å². The van der Waals surface area contributed by atoms with Gasteiger partial charge in [0.2, 0.25) is 0 Å². The zero-order valence-electron chi connectivity index (χ0n) is 26.1. The fraction of sp³-hybridized carbons (Fsp3) is 0.361. The van der Waals surface area contributed by atoms with Gasteiger partial charge in [-0.3, -0.25) is 9.88 Å². The maximum atomic E-state index is 13.5. The largest absolute Gasteiger partial charge is 0.497 e. The highest BCUT2D eigenvalue weighted by molar-refractivity contribution is 7.91. The minimum Gasteiger partial charge on any atom is -0.497 e. The molecular formula is C36H37ClN2O7S. The predicted octanol–water partition coefficient (Wildman–Crippen LogP) is 6.17. The van der Waals surface area contributed by atoms with Gasteiger partial charge < -0.3 is 14.2 Å². The Morgan fingerprint density at radius 2 is 1.74 bits per heavy atom. The lowest BCUT2D eigenvalue weighted by Gasteiger charge is -2.52. The van der Waals surface area contributed by atoms with Crippen molar-refractivity contribution in [1.82, 2.24) is 9.88 Å². The molecule has 11 heteroatoms. The average Bonchev–Trinajstić information content (AvgIpc) is 3.10. The van der Waals surface area contributed by atoms with Crippen molar-refractivity contribution in [3.05, 3.63) is 107 Å². The van der Waals surface area contributed by atoms with Crippen LogP contribution in [0.2, 0.25) is 5.02 Å². The average molecular weight is 677 g/mol. The third kappa shape index (κ3) is 7.77. The maximum absolute atomic E-state index is 13.5. The number of rotatable bonds is 12. The van der Waals surface area contributed by atoms with E-state index in [4.69, 9.17) is 25.8 Å². The second-order valence-electron chi connectivity index (χ2n) is 12.2. The fourth-order valence-electron chi connectivity index (χ4n) is 6.81. The van der Waals surface area contributed by atoms with E-state index in [2.05, 4.69) is 9.88 Å². The number of piperidine rings is 3. The lowest BCUT2D eigenvalue weighted by molar-refractivity contribution is -0.0658. The van der Waals surface area contributed by atoms with Crippen molar-refractivity contribution in [2.45, 2.75) is 31.4 Å². The molecule has 9 nitrogen and oxygen atoms in total. The minimum atomic E-state index is -3.42. The number of fused-ring (bicyclic) bond motifs is 4. The van der Waals surface area contributed by atoms with Gasteiger partial charge in [0.05, 0.1) is 41.3 Å². The van der Waals surface area contributed by atoms with Gasteiger partial charge in [-0.05, 0) is 98.3 Å². The van der Waals surface area contributed by atoms with E-state index in [1.165, 1.54) is 0 Å². The van der Waals surface area contributed by atoms with Gasteiger partial charge in [-0.1, -0.05) is 29.8 Å². The molecule has 3 aliphatic rings. The van der Waals surface area contributed by atoms with Gasteiger partial charge in [0.15, 0.2) is 9.84 Å². The minimum absolute atomic E-state index is 0.0271. The molecule has 4 heterocycles. The Kier molecular flexibility index (Phi) is 10.1. The fourth-order valence-corrected chi connectivity index (χ4v) is 8.14. The van der Waals surface area contributed by atoms with Crippen LogP contribution in [0.1, 0.15) is 51.6 Å². The van der Waals surface area contributed by atoms with Crippen LogP contribution < -0.4 is 4.74 Å². The summed E-state index contributed by atoms with van der Waals surface area (Å²) in [5.74, 6) is -0.0282. The Bertz CT molecular complexity index is 1840. The van der Waals surface area contributed by atoms with Crippen molar-refractivity contribution in [2.24, 2.45) is 11.8 Å². The van der Waals surface area contributed by atoms with Crippen LogP contribution in [0.3, 0.4) is 0 Å². The van der Waals surface area contributed by atoms with Crippen LogP contribution in [0.25, 0.3) is 10.9 Å². The Hall–Kier alpha value is -3.99. The third-order valence-electron chi connectivity index (χ3n) is 9.33. The van der Waals surface area contributed by atoms with E-state index in [-0.39, 0.29) is 36.0 Å². The zero-order valence-corrected chi connectivity index (χ0v) is 27.7. The molecule has 3 aliphatic heterocycles. The summed E-state index contributed by atoms with van der Waals surface area (Å²) in [7, 11) is -1.81. The molecule has 2 bridgehead atoms. The van der Waals surface area contributed by atoms with Gasteiger partial charge >= 0.3 is 11.9 Å². The molecule has 5 atom stereocenters. The lowest BCUT2D eigenvalue weighted by Crippen LogP contribution is -2.56. The van der Waals surface area contributed by atoms with Crippen LogP contribution in [-0.4, -0.2) is 74.6 Å². The standard InChI is InChI=1S/C36H37ClN2O7S/c1-44-29-11-12-32-31(22-29)30(13-16-38-32)34(46-36(41)25-7-9-28(37)10-8-25)33-21-26-14-17-39(33)23-27(26)15-19-47(42,43)20-18-45-35(40)24-5-3-2-4-6-24/h2-13,16,22,26-27,33-34H,14-15,17-21,23H2,1H3/t26-,27?,33?,34-/m0/s1. The molecule has 0 radical (unpaired) electrons. The first-order valence-corrected chi connectivity index (χ1v) is 18.0. The lowest BCUT2D eigenvalue weighted by atomic mass is 9.72. The molecule has 0 spiro atoms. The molecule has 47 heavy (non-hydrogen) atoms. The number of pyridine rings is 1. The van der Waals surface area contributed by atoms with Crippen molar-refractivity contribution in [3.63, 3.8) is 0 Å². The van der Waals surface area contributed by atoms with Crippen molar-refractivity contribution < 1.29 is 32.2 Å². The molecule has 0 N–H and O–H groups in total. The molecule has 4 aromatic rings. The summed E-state index contributed by atoms with van der Waals surface area (Å²) in [6, 6.07) is 22.6. The topological polar surface area (TPSA) is 112 Å². The summed E-state index contributed by atoms with van der Waals surface area (Å²) in [4.78, 5) is 32.6. The van der Waals surface area contributed by atoms with Gasteiger partial charge in [0, 0.05) is 28.7 Å². The number of nitrogens with zero attached hydrogens (tertiary/aromatic N) is 2. The Morgan fingerprint density at radius 1 is 0.979 bits per heavy atom. The van der Waals surface area contributed by atoms with Crippen LogP contribution in [0.15, 0.2) is 85.1 Å². The van der Waals surface area contributed by atoms with Gasteiger partial charge in [-0.15, -0.1) is 0 Å². The Labute approximate surface area is 279 Å². The van der Waals surface area contributed by atoms with E-state index in [9.17, 15) is 18.0 Å². The SMILES string of the molecule is COc1ccc2nccc([C@H](OC(=O)c3ccc(Cl)cc3)C3C[C@@H]4CCN3CC4CCS(=O)(=O)CCOC(=O)c3ccccc3)c2c1. The van der Waals surface area contributed by atoms with Crippen LogP contribution in [0.4, 0.5) is 0 Å². The Morgan fingerprint density at radius 3 is 2.47 bits per heavy atom. The van der Waals surface area contributed by atoms with E-state index < -0.39 is 27.9 Å². The number of sulfone groups is 1. The molecule has 3 saturated heterocycles. The smallest absolute Gasteiger partial charge is 0.338 e. The van der Waals surface area contributed by atoms with Crippen molar-refractivity contribution in [1.29, 1.82) is 0 Å². The van der Waals surface area contributed by atoms with E-state index in [0.717, 1.165) is 35.9 Å². The number of hydrogen-bond donors (Lipinski definition) is 0. The number of carbonyl (C=O) groups excluding carboxylic acids is 2. The highest BCUT2D eigenvalue weighted by Crippen LogP contribution is 2.44. The van der Waals surface area contributed by atoms with Crippen LogP contribution in [0.5, 0.6) is 5.75 Å². The first-order chi connectivity index (χ1) is 22.7. The molecule has 3 unspecified atom stereocenters. The van der Waals surface area contributed by atoms with Crippen LogP contribution >= 0.6 is 11.6 Å². The molecule has 1 aromatic heterocycles. The maximum Gasteiger partial charge on any atom is 0.338 e.